The van der Waals surface area contributed by atoms with Gasteiger partial charge in [0, 0.05) is 7.11 Å². The van der Waals surface area contributed by atoms with Crippen LogP contribution in [-0.4, -0.2) is 45.0 Å². The van der Waals surface area contributed by atoms with Gasteiger partial charge >= 0.3 is 19.5 Å². The van der Waals surface area contributed by atoms with Crippen LogP contribution in [0.25, 0.3) is 0 Å². The topological polar surface area (TPSA) is 88.1 Å². The Hall–Kier alpha value is -0.620. The molecule has 0 rings (SSSR count). The molecule has 0 aliphatic carbocycles. The summed E-state index contributed by atoms with van der Waals surface area (Å²) in [5.41, 5.74) is -1.40. The molecule has 2 unspecified atom stereocenters. The van der Waals surface area contributed by atoms with Crippen LogP contribution in [0.15, 0.2) is 0 Å². The first-order chi connectivity index (χ1) is 7.95. The first-order valence-electron chi connectivity index (χ1n) is 4.45. The average Bonchev–Trinajstić information content (AvgIpc) is 2.34. The van der Waals surface area contributed by atoms with Gasteiger partial charge in [0.1, 0.15) is 6.07 Å². The predicted molar refractivity (Wildman–Crippen MR) is 58.9 cm³/mol. The molecule has 0 N–H and O–H groups in total. The van der Waals surface area contributed by atoms with Crippen LogP contribution >= 0.6 is 19.2 Å². The highest BCUT2D eigenvalue weighted by molar-refractivity contribution is 7.55. The zero-order valence-electron chi connectivity index (χ0n) is 9.67. The summed E-state index contributed by atoms with van der Waals surface area (Å²) < 4.78 is 30.3. The maximum absolute atomic E-state index is 12.1. The summed E-state index contributed by atoms with van der Waals surface area (Å²) in [6.45, 7) is 0. The summed E-state index contributed by atoms with van der Waals surface area (Å²) in [6, 6.07) is -0.445. The number of ether oxygens (including phenoxy) is 2. The fraction of sp³-hybridized carbons (Fsp3) is 0.750. The highest BCUT2D eigenvalue weighted by Crippen LogP contribution is 2.54. The molecule has 0 aliphatic heterocycles. The van der Waals surface area contributed by atoms with E-state index in [1.807, 2.05) is 0 Å². The van der Waals surface area contributed by atoms with Gasteiger partial charge in [0.25, 0.3) is 0 Å². The van der Waals surface area contributed by atoms with Crippen LogP contribution < -0.4 is 0 Å². The van der Waals surface area contributed by atoms with Gasteiger partial charge in [-0.05, 0) is 0 Å². The van der Waals surface area contributed by atoms with Crippen LogP contribution in [0.2, 0.25) is 0 Å². The minimum Gasteiger partial charge on any atom is -0.469 e. The van der Waals surface area contributed by atoms with Crippen LogP contribution in [0, 0.1) is 0 Å². The van der Waals surface area contributed by atoms with Gasteiger partial charge in [-0.15, -0.1) is 0 Å². The minimum atomic E-state index is -3.86. The van der Waals surface area contributed by atoms with Gasteiger partial charge < -0.3 is 14.0 Å². The zero-order valence-corrected chi connectivity index (χ0v) is 11.3. The Bertz CT molecular complexity index is 319. The van der Waals surface area contributed by atoms with Gasteiger partial charge in [-0.1, -0.05) is 11.6 Å². The Morgan fingerprint density at radius 1 is 1.24 bits per heavy atom. The summed E-state index contributed by atoms with van der Waals surface area (Å²) >= 11 is 5.28. The van der Waals surface area contributed by atoms with Crippen molar-refractivity contribution in [2.75, 3.05) is 27.4 Å². The number of rotatable bonds is 7. The number of hydrogen-bond acceptors (Lipinski definition) is 7. The van der Waals surface area contributed by atoms with Gasteiger partial charge in [-0.2, -0.15) is 0 Å². The van der Waals surface area contributed by atoms with Crippen LogP contribution in [0.1, 0.15) is 6.42 Å². The number of alkyl halides is 1. The van der Waals surface area contributed by atoms with Crippen molar-refractivity contribution in [3.05, 3.63) is 0 Å². The van der Waals surface area contributed by atoms with E-state index in [0.29, 0.717) is 0 Å². The SMILES string of the molecule is COC(=O)CC(C(=O)OC)P(=O)(OC)OCCl. The van der Waals surface area contributed by atoms with E-state index in [4.69, 9.17) is 16.1 Å². The molecule has 0 saturated heterocycles. The normalized spacial score (nSPS) is 15.8. The molecule has 0 bridgehead atoms. The van der Waals surface area contributed by atoms with Crippen molar-refractivity contribution in [1.82, 2.24) is 0 Å². The van der Waals surface area contributed by atoms with Gasteiger partial charge in [-0.25, -0.2) is 0 Å². The largest absolute Gasteiger partial charge is 0.469 e. The zero-order chi connectivity index (χ0) is 13.5. The van der Waals surface area contributed by atoms with E-state index in [0.717, 1.165) is 21.3 Å². The second-order valence-electron chi connectivity index (χ2n) is 2.78. The lowest BCUT2D eigenvalue weighted by Gasteiger charge is -2.21. The van der Waals surface area contributed by atoms with E-state index >= 15 is 0 Å². The van der Waals surface area contributed by atoms with E-state index in [1.54, 1.807) is 0 Å². The number of carbonyl (C=O) groups is 2. The Morgan fingerprint density at radius 2 is 1.82 bits per heavy atom. The van der Waals surface area contributed by atoms with Gasteiger partial charge in [0.2, 0.25) is 0 Å². The summed E-state index contributed by atoms with van der Waals surface area (Å²) in [4.78, 5) is 22.6. The van der Waals surface area contributed by atoms with Crippen molar-refractivity contribution >= 4 is 31.1 Å². The second-order valence-corrected chi connectivity index (χ2v) is 5.32. The summed E-state index contributed by atoms with van der Waals surface area (Å²) in [6.07, 6.45) is -0.481. The maximum Gasteiger partial charge on any atom is 0.346 e. The lowest BCUT2D eigenvalue weighted by atomic mass is 10.3. The molecular weight excluding hydrogens is 275 g/mol. The Balaban J connectivity index is 5.07. The quantitative estimate of drug-likeness (QED) is 0.394. The molecule has 17 heavy (non-hydrogen) atoms. The smallest absolute Gasteiger partial charge is 0.346 e. The second kappa shape index (κ2) is 7.66. The number of carbonyl (C=O) groups excluding carboxylic acids is 2. The van der Waals surface area contributed by atoms with Crippen molar-refractivity contribution in [2.24, 2.45) is 0 Å². The minimum absolute atomic E-state index is 0.445. The van der Waals surface area contributed by atoms with Crippen molar-refractivity contribution in [2.45, 2.75) is 12.1 Å². The number of hydrogen-bond donors (Lipinski definition) is 0. The molecule has 0 heterocycles. The van der Waals surface area contributed by atoms with E-state index in [9.17, 15) is 14.2 Å². The Labute approximate surface area is 104 Å². The van der Waals surface area contributed by atoms with Crippen molar-refractivity contribution < 1.29 is 32.7 Å². The monoisotopic (exact) mass is 288 g/mol. The Morgan fingerprint density at radius 3 is 2.18 bits per heavy atom. The predicted octanol–water partition coefficient (Wildman–Crippen LogP) is 1.14. The molecular formula is C8H14ClO7P. The molecule has 0 radical (unpaired) electrons. The van der Waals surface area contributed by atoms with E-state index in [1.165, 1.54) is 0 Å². The van der Waals surface area contributed by atoms with Crippen molar-refractivity contribution in [3.8, 4) is 0 Å². The van der Waals surface area contributed by atoms with E-state index in [-0.39, 0.29) is 0 Å². The standard InChI is InChI=1S/C8H14ClO7P/c1-13-7(10)4-6(8(11)14-2)17(12,15-3)16-5-9/h6H,4-5H2,1-3H3. The van der Waals surface area contributed by atoms with Gasteiger partial charge in [0.05, 0.1) is 20.6 Å². The fourth-order valence-corrected chi connectivity index (χ4v) is 2.86. The van der Waals surface area contributed by atoms with Crippen LogP contribution in [0.5, 0.6) is 0 Å². The van der Waals surface area contributed by atoms with Crippen molar-refractivity contribution in [3.63, 3.8) is 0 Å². The lowest BCUT2D eigenvalue weighted by molar-refractivity contribution is -0.147. The molecule has 0 aromatic heterocycles. The van der Waals surface area contributed by atoms with Crippen LogP contribution in [-0.2, 0) is 32.7 Å². The van der Waals surface area contributed by atoms with Crippen LogP contribution in [0.3, 0.4) is 0 Å². The molecule has 7 nitrogen and oxygen atoms in total. The van der Waals surface area contributed by atoms with Gasteiger partial charge in [-0.3, -0.25) is 18.7 Å². The lowest BCUT2D eigenvalue weighted by Crippen LogP contribution is -2.27. The molecule has 0 aliphatic rings. The Kier molecular flexibility index (Phi) is 7.38. The molecule has 0 aromatic rings. The van der Waals surface area contributed by atoms with Crippen LogP contribution in [0.4, 0.5) is 0 Å². The summed E-state index contributed by atoms with van der Waals surface area (Å²) in [5, 5.41) is 0. The molecule has 0 spiro atoms. The highest BCUT2D eigenvalue weighted by atomic mass is 35.5. The third-order valence-corrected chi connectivity index (χ3v) is 4.34. The molecule has 0 aromatic carbocycles. The summed E-state index contributed by atoms with van der Waals surface area (Å²) in [7, 11) is -0.547. The van der Waals surface area contributed by atoms with Gasteiger partial charge in [0.15, 0.2) is 5.66 Å². The maximum atomic E-state index is 12.1. The first-order valence-corrected chi connectivity index (χ1v) is 6.60. The molecule has 0 amide bonds. The number of methoxy groups -OCH3 is 2. The first kappa shape index (κ1) is 16.4. The molecule has 0 saturated carbocycles. The number of esters is 2. The molecule has 100 valence electrons. The highest BCUT2D eigenvalue weighted by Gasteiger charge is 2.43. The van der Waals surface area contributed by atoms with E-state index < -0.39 is 37.7 Å². The molecule has 9 heteroatoms. The molecule has 0 fully saturated rings. The third-order valence-electron chi connectivity index (χ3n) is 1.93. The number of halogens is 1. The third kappa shape index (κ3) is 4.63. The fourth-order valence-electron chi connectivity index (χ4n) is 1.04. The average molecular weight is 289 g/mol. The van der Waals surface area contributed by atoms with E-state index in [2.05, 4.69) is 14.0 Å². The summed E-state index contributed by atoms with van der Waals surface area (Å²) in [5.74, 6) is -1.64. The van der Waals surface area contributed by atoms with Crippen molar-refractivity contribution in [1.29, 1.82) is 0 Å². The molecule has 2 atom stereocenters.